The molecule has 1 amide bonds. The lowest BCUT2D eigenvalue weighted by Crippen LogP contribution is -2.06. The fourth-order valence-corrected chi connectivity index (χ4v) is 3.34. The Bertz CT molecular complexity index is 1040. The van der Waals surface area contributed by atoms with Crippen molar-refractivity contribution in [2.45, 2.75) is 0 Å². The largest absolute Gasteiger partial charge is 0.321 e. The Morgan fingerprint density at radius 1 is 0.885 bits per heavy atom. The average Bonchev–Trinajstić information content (AvgIpc) is 2.97. The van der Waals surface area contributed by atoms with Gasteiger partial charge < -0.3 is 5.32 Å². The number of allylic oxidation sites excluding steroid dienone is 1. The molecule has 0 bridgehead atoms. The zero-order chi connectivity index (χ0) is 18.1. The quantitative estimate of drug-likeness (QED) is 0.474. The number of ketones is 1. The number of carbonyl (C=O) groups excluding carboxylic acids is 2. The van der Waals surface area contributed by atoms with E-state index in [0.29, 0.717) is 11.1 Å². The van der Waals surface area contributed by atoms with Crippen molar-refractivity contribution in [2.24, 2.45) is 0 Å². The van der Waals surface area contributed by atoms with Crippen molar-refractivity contribution in [3.8, 4) is 11.1 Å². The first-order valence-electron chi connectivity index (χ1n) is 8.14. The summed E-state index contributed by atoms with van der Waals surface area (Å²) >= 11 is 3.40. The Balaban J connectivity index is 1.64. The van der Waals surface area contributed by atoms with Gasteiger partial charge in [0.15, 0.2) is 5.78 Å². The lowest BCUT2D eigenvalue weighted by Gasteiger charge is -2.03. The molecule has 0 aromatic heterocycles. The molecule has 1 aliphatic heterocycles. The maximum atomic E-state index is 12.6. The van der Waals surface area contributed by atoms with Gasteiger partial charge in [-0.2, -0.15) is 0 Å². The van der Waals surface area contributed by atoms with Gasteiger partial charge in [0.1, 0.15) is 0 Å². The van der Waals surface area contributed by atoms with E-state index in [4.69, 9.17) is 0 Å². The van der Waals surface area contributed by atoms with Gasteiger partial charge in [0, 0.05) is 21.3 Å². The number of carbonyl (C=O) groups is 2. The number of hydrogen-bond acceptors (Lipinski definition) is 2. The molecule has 3 nitrogen and oxygen atoms in total. The number of nitrogens with one attached hydrogen (secondary N) is 1. The van der Waals surface area contributed by atoms with E-state index in [9.17, 15) is 9.59 Å². The molecule has 4 heteroatoms. The van der Waals surface area contributed by atoms with Crippen LogP contribution in [0.2, 0.25) is 0 Å². The fourth-order valence-electron chi connectivity index (χ4n) is 2.98. The van der Waals surface area contributed by atoms with Gasteiger partial charge in [-0.15, -0.1) is 0 Å². The summed E-state index contributed by atoms with van der Waals surface area (Å²) in [6.45, 7) is 0. The molecule has 0 radical (unpaired) electrons. The highest BCUT2D eigenvalue weighted by atomic mass is 79.9. The summed E-state index contributed by atoms with van der Waals surface area (Å²) in [7, 11) is 0. The highest BCUT2D eigenvalue weighted by Crippen LogP contribution is 2.34. The molecule has 0 saturated carbocycles. The number of hydrogen-bond donors (Lipinski definition) is 1. The van der Waals surface area contributed by atoms with Crippen LogP contribution in [0.25, 0.3) is 16.7 Å². The molecule has 1 heterocycles. The molecule has 3 aromatic carbocycles. The average molecular weight is 404 g/mol. The van der Waals surface area contributed by atoms with E-state index in [1.807, 2.05) is 60.7 Å². The second-order valence-corrected chi connectivity index (χ2v) is 6.93. The molecule has 0 unspecified atom stereocenters. The zero-order valence-corrected chi connectivity index (χ0v) is 15.3. The highest BCUT2D eigenvalue weighted by Gasteiger charge is 2.25. The molecule has 0 saturated heterocycles. The Kier molecular flexibility index (Phi) is 4.27. The third-order valence-corrected chi connectivity index (χ3v) is 4.81. The third kappa shape index (κ3) is 3.11. The molecule has 0 aliphatic carbocycles. The zero-order valence-electron chi connectivity index (χ0n) is 13.7. The number of amides is 1. The molecule has 1 aliphatic rings. The van der Waals surface area contributed by atoms with Gasteiger partial charge in [-0.05, 0) is 35.4 Å². The lowest BCUT2D eigenvalue weighted by atomic mass is 10.00. The Labute approximate surface area is 159 Å². The molecular weight excluding hydrogens is 390 g/mol. The van der Waals surface area contributed by atoms with Crippen LogP contribution in [-0.2, 0) is 4.79 Å². The van der Waals surface area contributed by atoms with Crippen molar-refractivity contribution in [2.75, 3.05) is 5.32 Å². The minimum Gasteiger partial charge on any atom is -0.321 e. The smallest absolute Gasteiger partial charge is 0.256 e. The number of benzene rings is 3. The van der Waals surface area contributed by atoms with Crippen molar-refractivity contribution in [1.29, 1.82) is 0 Å². The summed E-state index contributed by atoms with van der Waals surface area (Å²) in [5.41, 5.74) is 4.53. The summed E-state index contributed by atoms with van der Waals surface area (Å²) in [4.78, 5) is 24.8. The van der Waals surface area contributed by atoms with Crippen LogP contribution in [0.5, 0.6) is 0 Å². The first-order valence-corrected chi connectivity index (χ1v) is 8.94. The minimum absolute atomic E-state index is 0.192. The van der Waals surface area contributed by atoms with E-state index in [1.54, 1.807) is 12.1 Å². The highest BCUT2D eigenvalue weighted by molar-refractivity contribution is 9.10. The van der Waals surface area contributed by atoms with Crippen molar-refractivity contribution in [3.63, 3.8) is 0 Å². The van der Waals surface area contributed by atoms with Crippen molar-refractivity contribution in [3.05, 3.63) is 94.5 Å². The molecule has 3 aromatic rings. The second kappa shape index (κ2) is 6.73. The molecule has 0 spiro atoms. The van der Waals surface area contributed by atoms with Crippen molar-refractivity contribution in [1.82, 2.24) is 0 Å². The minimum atomic E-state index is -0.257. The van der Waals surface area contributed by atoms with Crippen LogP contribution in [0.1, 0.15) is 15.9 Å². The molecule has 0 atom stereocenters. The Morgan fingerprint density at radius 2 is 1.58 bits per heavy atom. The molecule has 126 valence electrons. The maximum Gasteiger partial charge on any atom is 0.256 e. The van der Waals surface area contributed by atoms with Gasteiger partial charge in [0.05, 0.1) is 5.57 Å². The van der Waals surface area contributed by atoms with Crippen molar-refractivity contribution >= 4 is 38.9 Å². The van der Waals surface area contributed by atoms with Crippen LogP contribution in [0, 0.1) is 0 Å². The number of fused-ring (bicyclic) bond motifs is 1. The SMILES string of the molecule is O=C1Nc2ccc(Br)cc2/C1=C/C(=O)c1ccc(-c2ccccc2)cc1. The normalized spacial score (nSPS) is 14.2. The molecular formula is C22H14BrNO2. The second-order valence-electron chi connectivity index (χ2n) is 6.01. The van der Waals surface area contributed by atoms with Crippen LogP contribution in [0.4, 0.5) is 5.69 Å². The third-order valence-electron chi connectivity index (χ3n) is 4.32. The summed E-state index contributed by atoms with van der Waals surface area (Å²) in [5.74, 6) is -0.449. The summed E-state index contributed by atoms with van der Waals surface area (Å²) in [6, 6.07) is 22.9. The van der Waals surface area contributed by atoms with Crippen LogP contribution < -0.4 is 5.32 Å². The molecule has 26 heavy (non-hydrogen) atoms. The van der Waals surface area contributed by atoms with E-state index < -0.39 is 0 Å². The fraction of sp³-hybridized carbons (Fsp3) is 0. The van der Waals surface area contributed by atoms with Gasteiger partial charge in [-0.1, -0.05) is 70.5 Å². The van der Waals surface area contributed by atoms with E-state index in [2.05, 4.69) is 21.2 Å². The monoisotopic (exact) mass is 403 g/mol. The predicted octanol–water partition coefficient (Wildman–Crippen LogP) is 5.33. The van der Waals surface area contributed by atoms with Crippen LogP contribution in [-0.4, -0.2) is 11.7 Å². The molecule has 0 fully saturated rings. The van der Waals surface area contributed by atoms with Crippen LogP contribution in [0.3, 0.4) is 0 Å². The topological polar surface area (TPSA) is 46.2 Å². The van der Waals surface area contributed by atoms with Gasteiger partial charge in [0.25, 0.3) is 5.91 Å². The van der Waals surface area contributed by atoms with Gasteiger partial charge in [0.2, 0.25) is 0 Å². The van der Waals surface area contributed by atoms with E-state index >= 15 is 0 Å². The lowest BCUT2D eigenvalue weighted by molar-refractivity contribution is -0.110. The maximum absolute atomic E-state index is 12.6. The number of halogens is 1. The van der Waals surface area contributed by atoms with E-state index in [1.165, 1.54) is 6.08 Å². The first-order chi connectivity index (χ1) is 12.6. The van der Waals surface area contributed by atoms with Crippen LogP contribution >= 0.6 is 15.9 Å². The van der Waals surface area contributed by atoms with E-state index in [0.717, 1.165) is 26.9 Å². The standard InChI is InChI=1S/C22H14BrNO2/c23-17-10-11-20-18(12-17)19(22(26)24-20)13-21(25)16-8-6-15(7-9-16)14-4-2-1-3-5-14/h1-13H,(H,24,26)/b19-13-. The van der Waals surface area contributed by atoms with Gasteiger partial charge in [-0.3, -0.25) is 9.59 Å². The number of anilines is 1. The van der Waals surface area contributed by atoms with Gasteiger partial charge >= 0.3 is 0 Å². The Hall–Kier alpha value is -2.98. The molecule has 1 N–H and O–H groups in total. The van der Waals surface area contributed by atoms with Crippen molar-refractivity contribution < 1.29 is 9.59 Å². The molecule has 4 rings (SSSR count). The van der Waals surface area contributed by atoms with E-state index in [-0.39, 0.29) is 11.7 Å². The predicted molar refractivity (Wildman–Crippen MR) is 107 cm³/mol. The van der Waals surface area contributed by atoms with Crippen LogP contribution in [0.15, 0.2) is 83.3 Å². The number of rotatable bonds is 3. The summed E-state index contributed by atoms with van der Waals surface area (Å²) in [6.07, 6.45) is 1.41. The summed E-state index contributed by atoms with van der Waals surface area (Å²) in [5, 5.41) is 2.78. The Morgan fingerprint density at radius 3 is 2.31 bits per heavy atom. The summed E-state index contributed by atoms with van der Waals surface area (Å²) < 4.78 is 0.860. The first kappa shape index (κ1) is 16.5. The van der Waals surface area contributed by atoms with Gasteiger partial charge in [-0.25, -0.2) is 0 Å².